The summed E-state index contributed by atoms with van der Waals surface area (Å²) in [5, 5.41) is 0. The van der Waals surface area contributed by atoms with E-state index in [1.165, 1.54) is 268 Å². The quantitative estimate of drug-likeness (QED) is 0.0259. The highest BCUT2D eigenvalue weighted by atomic mass is 33.1. The van der Waals surface area contributed by atoms with E-state index in [-0.39, 0.29) is 19.4 Å². The first-order valence-corrected chi connectivity index (χ1v) is 32.6. The van der Waals surface area contributed by atoms with E-state index in [1.54, 1.807) is 0 Å². The first-order chi connectivity index (χ1) is 29.8. The number of unbranched alkanes of at least 4 members (excludes halogenated alkanes) is 24. The summed E-state index contributed by atoms with van der Waals surface area (Å²) < 4.78 is 29.9. The average molecular weight is 918 g/mol. The maximum absolute atomic E-state index is 6.22. The summed E-state index contributed by atoms with van der Waals surface area (Å²) in [6.07, 6.45) is 47.3. The second-order valence-corrected chi connectivity index (χ2v) is 25.5. The molecule has 0 N–H and O–H groups in total. The van der Waals surface area contributed by atoms with Crippen molar-refractivity contribution >= 4 is 41.0 Å². The van der Waals surface area contributed by atoms with E-state index in [9.17, 15) is 0 Å². The van der Waals surface area contributed by atoms with Gasteiger partial charge in [-0.1, -0.05) is 202 Å². The predicted molar refractivity (Wildman–Crippen MR) is 274 cm³/mol. The topological polar surface area (TPSA) is 43.4 Å². The fourth-order valence-electron chi connectivity index (χ4n) is 9.02. The molecule has 0 radical (unpaired) electrons. The lowest BCUT2D eigenvalue weighted by molar-refractivity contribution is -0.0956. The molecule has 2 rings (SSSR count). The lowest BCUT2D eigenvalue weighted by Gasteiger charge is -2.28. The van der Waals surface area contributed by atoms with Crippen molar-refractivity contribution in [3.63, 3.8) is 0 Å². The minimum atomic E-state index is -0.0782. The van der Waals surface area contributed by atoms with Crippen LogP contribution in [0.5, 0.6) is 0 Å². The summed E-state index contributed by atoms with van der Waals surface area (Å²) in [5.41, 5.74) is 0. The molecule has 0 aliphatic carbocycles. The monoisotopic (exact) mass is 917 g/mol. The minimum Gasteiger partial charge on any atom is -0.355 e. The van der Waals surface area contributed by atoms with Crippen molar-refractivity contribution in [2.45, 2.75) is 256 Å². The van der Waals surface area contributed by atoms with Gasteiger partial charge in [0.15, 0.2) is 0 Å². The van der Waals surface area contributed by atoms with E-state index in [4.69, 9.17) is 18.9 Å². The molecule has 0 aromatic carbocycles. The van der Waals surface area contributed by atoms with Gasteiger partial charge in [-0.15, -0.1) is 0 Å². The van der Waals surface area contributed by atoms with Crippen LogP contribution in [0.25, 0.3) is 0 Å². The van der Waals surface area contributed by atoms with Crippen LogP contribution >= 0.6 is 21.6 Å². The van der Waals surface area contributed by atoms with Crippen LogP contribution in [0.2, 0.25) is 12.1 Å². The highest BCUT2D eigenvalue weighted by molar-refractivity contribution is 8.76. The Morgan fingerprint density at radius 3 is 1.10 bits per heavy atom. The van der Waals surface area contributed by atoms with Gasteiger partial charge >= 0.3 is 0 Å². The molecular formula is C50H104N2O4S2Si2. The number of rotatable bonds is 43. The normalized spacial score (nSPS) is 19.5. The van der Waals surface area contributed by atoms with Gasteiger partial charge in [0.25, 0.3) is 0 Å². The molecule has 2 fully saturated rings. The molecule has 0 aromatic rings. The molecule has 0 bridgehead atoms. The van der Waals surface area contributed by atoms with Gasteiger partial charge in [-0.25, -0.2) is 0 Å². The van der Waals surface area contributed by atoms with Crippen LogP contribution in [0.15, 0.2) is 0 Å². The highest BCUT2D eigenvalue weighted by Crippen LogP contribution is 2.24. The maximum Gasteiger partial charge on any atom is 0.147 e. The van der Waals surface area contributed by atoms with E-state index in [2.05, 4.69) is 44.6 Å². The fraction of sp³-hybridized carbons (Fsp3) is 1.00. The lowest BCUT2D eigenvalue weighted by Crippen LogP contribution is -2.35. The zero-order valence-electron chi connectivity index (χ0n) is 40.4. The van der Waals surface area contributed by atoms with Crippen LogP contribution in [0.1, 0.15) is 232 Å². The number of hydrogen-bond donors (Lipinski definition) is 0. The lowest BCUT2D eigenvalue weighted by atomic mass is 10.0. The van der Waals surface area contributed by atoms with Crippen molar-refractivity contribution in [1.29, 1.82) is 0 Å². The first kappa shape index (κ1) is 57.0. The van der Waals surface area contributed by atoms with E-state index >= 15 is 0 Å². The van der Waals surface area contributed by atoms with Gasteiger partial charge in [-0.3, -0.25) is 0 Å². The van der Waals surface area contributed by atoms with E-state index in [0.717, 1.165) is 13.2 Å². The van der Waals surface area contributed by atoms with Gasteiger partial charge in [-0.05, 0) is 89.6 Å². The zero-order valence-corrected chi connectivity index (χ0v) is 44.9. The van der Waals surface area contributed by atoms with Crippen LogP contribution in [-0.4, -0.2) is 105 Å². The van der Waals surface area contributed by atoms with Crippen molar-refractivity contribution in [1.82, 2.24) is 9.13 Å². The van der Waals surface area contributed by atoms with Gasteiger partial charge in [-0.2, -0.15) is 0 Å². The third kappa shape index (κ3) is 38.2. The van der Waals surface area contributed by atoms with Gasteiger partial charge in [0.2, 0.25) is 0 Å². The predicted octanol–water partition coefficient (Wildman–Crippen LogP) is 14.0. The van der Waals surface area contributed by atoms with E-state index < -0.39 is 0 Å². The van der Waals surface area contributed by atoms with Crippen molar-refractivity contribution in [3.05, 3.63) is 0 Å². The second kappa shape index (κ2) is 46.4. The Morgan fingerprint density at radius 2 is 0.750 bits per heavy atom. The standard InChI is InChI=1S/C50H104N2O4S2Si2/c1-3-5-7-9-11-13-15-17-19-21-23-25-27-41-53-47-55-49-33-29-45-59-51(39-35-49)37-31-43-57-58-44-32-38-52-40-36-50(34-30-46-60-52)56-48-54-42-28-26-24-22-20-18-16-14-12-10-8-6-4-2/h49-50H,3-48,59-60H2,1-2H3. The molecule has 0 spiro atoms. The van der Waals surface area contributed by atoms with E-state index in [1.807, 2.05) is 0 Å². The van der Waals surface area contributed by atoms with Gasteiger partial charge in [0.05, 0.1) is 31.6 Å². The van der Waals surface area contributed by atoms with Gasteiger partial charge in [0.1, 0.15) is 13.6 Å². The third-order valence-electron chi connectivity index (χ3n) is 13.1. The Balaban J connectivity index is 1.33. The molecule has 0 aromatic heterocycles. The Hall–Kier alpha value is 0.894. The molecule has 0 saturated carbocycles. The second-order valence-electron chi connectivity index (χ2n) is 18.7. The van der Waals surface area contributed by atoms with Crippen LogP contribution in [0.3, 0.4) is 0 Å². The molecule has 2 saturated heterocycles. The van der Waals surface area contributed by atoms with Crippen LogP contribution in [0, 0.1) is 0 Å². The Kier molecular flexibility index (Phi) is 44.1. The van der Waals surface area contributed by atoms with Gasteiger partial charge < -0.3 is 28.1 Å². The number of nitrogens with zero attached hydrogens (tertiary/aromatic N) is 2. The van der Waals surface area contributed by atoms with Crippen LogP contribution < -0.4 is 0 Å². The molecule has 2 heterocycles. The molecule has 60 heavy (non-hydrogen) atoms. The Labute approximate surface area is 388 Å². The largest absolute Gasteiger partial charge is 0.355 e. The smallest absolute Gasteiger partial charge is 0.147 e. The minimum absolute atomic E-state index is 0.0782. The Bertz CT molecular complexity index is 790. The summed E-state index contributed by atoms with van der Waals surface area (Å²) >= 11 is 0. The third-order valence-corrected chi connectivity index (χ3v) is 19.8. The SMILES string of the molecule is CCCCCCCCCCCCCCCOCOC1CCC[SiH2]N(CCCSSCCCN2CCC(OCOCCCCCCCCCCCCCCC)CCC[SiH2]2)CC1. The molecular weight excluding hydrogens is 813 g/mol. The number of ether oxygens (including phenoxy) is 4. The average Bonchev–Trinajstić information content (AvgIpc) is 3.24. The summed E-state index contributed by atoms with van der Waals surface area (Å²) in [4.78, 5) is 0. The fourth-order valence-corrected chi connectivity index (χ4v) is 14.8. The van der Waals surface area contributed by atoms with Crippen molar-refractivity contribution in [2.24, 2.45) is 0 Å². The summed E-state index contributed by atoms with van der Waals surface area (Å²) in [7, 11) is 4.09. The van der Waals surface area contributed by atoms with Crippen LogP contribution in [-0.2, 0) is 18.9 Å². The van der Waals surface area contributed by atoms with Gasteiger partial charge in [0, 0.05) is 24.7 Å². The van der Waals surface area contributed by atoms with E-state index in [0.29, 0.717) is 25.8 Å². The van der Waals surface area contributed by atoms with Crippen molar-refractivity contribution in [2.75, 3.05) is 64.5 Å². The molecule has 2 unspecified atom stereocenters. The summed E-state index contributed by atoms with van der Waals surface area (Å²) in [6, 6.07) is 2.89. The first-order valence-electron chi connectivity index (χ1n) is 26.9. The summed E-state index contributed by atoms with van der Waals surface area (Å²) in [5.74, 6) is 2.59. The molecule has 10 heteroatoms. The van der Waals surface area contributed by atoms with Crippen molar-refractivity contribution in [3.8, 4) is 0 Å². The molecule has 358 valence electrons. The molecule has 0 amide bonds. The molecule has 6 nitrogen and oxygen atoms in total. The Morgan fingerprint density at radius 1 is 0.417 bits per heavy atom. The molecule has 2 atom stereocenters. The maximum atomic E-state index is 6.22. The molecule has 2 aliphatic heterocycles. The van der Waals surface area contributed by atoms with Crippen molar-refractivity contribution < 1.29 is 18.9 Å². The number of hydrogen-bond acceptors (Lipinski definition) is 8. The van der Waals surface area contributed by atoms with Crippen LogP contribution in [0.4, 0.5) is 0 Å². The molecule has 2 aliphatic rings. The summed E-state index contributed by atoms with van der Waals surface area (Å²) in [6.45, 7) is 12.4. The highest BCUT2D eigenvalue weighted by Gasteiger charge is 2.18. The zero-order chi connectivity index (χ0) is 42.5.